The van der Waals surface area contributed by atoms with E-state index in [9.17, 15) is 41.0 Å². The van der Waals surface area contributed by atoms with Crippen molar-refractivity contribution in [3.05, 3.63) is 120 Å². The number of nitrogens with one attached hydrogen (secondary N) is 4. The van der Waals surface area contributed by atoms with Crippen LogP contribution in [0.3, 0.4) is 0 Å². The maximum atomic E-state index is 13.3. The zero-order chi connectivity index (χ0) is 43.6. The number of carbonyl (C=O) groups is 2. The van der Waals surface area contributed by atoms with Gasteiger partial charge in [-0.25, -0.2) is 29.5 Å². The highest BCUT2D eigenvalue weighted by Gasteiger charge is 2.38. The third-order valence-corrected chi connectivity index (χ3v) is 9.36. The molecule has 0 spiro atoms. The number of carboxylic acids is 1. The van der Waals surface area contributed by atoms with E-state index in [0.717, 1.165) is 11.8 Å². The minimum absolute atomic E-state index is 0.118. The number of imidazole rings is 2. The molecule has 8 aromatic rings. The average Bonchev–Trinajstić information content (AvgIpc) is 4.06. The summed E-state index contributed by atoms with van der Waals surface area (Å²) in [6.07, 6.45) is 2.80. The third-order valence-electron chi connectivity index (χ3n) is 9.36. The van der Waals surface area contributed by atoms with Crippen LogP contribution in [0.4, 0.5) is 49.4 Å². The fourth-order valence-electron chi connectivity index (χ4n) is 6.54. The maximum absolute atomic E-state index is 13.3. The molecule has 0 saturated heterocycles. The van der Waals surface area contributed by atoms with Crippen molar-refractivity contribution < 1.29 is 45.8 Å². The van der Waals surface area contributed by atoms with Crippen molar-refractivity contribution in [3.63, 3.8) is 0 Å². The van der Waals surface area contributed by atoms with Gasteiger partial charge in [0.1, 0.15) is 0 Å². The van der Waals surface area contributed by atoms with Crippen LogP contribution in [0.15, 0.2) is 86.0 Å². The van der Waals surface area contributed by atoms with Crippen LogP contribution in [0.1, 0.15) is 57.1 Å². The number of aryl methyl sites for hydroxylation is 2. The number of benzene rings is 2. The number of hydrogen-bond donors (Lipinski definition) is 5. The number of anilines is 4. The number of rotatable bonds is 10. The van der Waals surface area contributed by atoms with Crippen molar-refractivity contribution in [2.45, 2.75) is 39.0 Å². The lowest BCUT2D eigenvalue weighted by atomic mass is 10.0. The van der Waals surface area contributed by atoms with Gasteiger partial charge in [0, 0.05) is 48.6 Å². The Hall–Kier alpha value is -7.78. The van der Waals surface area contributed by atoms with E-state index in [2.05, 4.69) is 51.0 Å². The minimum Gasteiger partial charge on any atom is -0.478 e. The van der Waals surface area contributed by atoms with Crippen LogP contribution in [0, 0.1) is 0 Å². The fraction of sp³-hybridized carbons (Fsp3) is 0.179. The standard InChI is InChI=1S/C20H17F3N6O2.C19H15F3N6O2/c1-3-11-8-12(4-5-13(11)19(30)31-2)27-17-18-25-10-15(29(18)7-6-24-17)14-9-26-28-16(14)20(21,22)23;1-2-10-7-11(3-4-12(10)18(29)30)26-16-17-24-9-14(28(17)6-5-23-16)13-8-25-27-15(13)19(20,21)22/h4-10H,3H2,1-2H3,(H,24,27)(H,26,28);3-9H,2H2,1H3,(H,23,26)(H,25,27)(H,29,30). The lowest BCUT2D eigenvalue weighted by molar-refractivity contribution is -0.141. The highest BCUT2D eigenvalue weighted by atomic mass is 19.4. The molecule has 0 saturated carbocycles. The smallest absolute Gasteiger partial charge is 0.435 e. The van der Waals surface area contributed by atoms with Gasteiger partial charge in [0.05, 0.1) is 53.1 Å². The summed E-state index contributed by atoms with van der Waals surface area (Å²) in [5.74, 6) is -0.788. The molecule has 5 N–H and O–H groups in total. The monoisotopic (exact) mass is 846 g/mol. The van der Waals surface area contributed by atoms with Crippen molar-refractivity contribution in [2.24, 2.45) is 0 Å². The highest BCUT2D eigenvalue weighted by molar-refractivity contribution is 5.92. The Morgan fingerprint density at radius 1 is 0.705 bits per heavy atom. The fourth-order valence-corrected chi connectivity index (χ4v) is 6.54. The van der Waals surface area contributed by atoms with Gasteiger partial charge in [0.2, 0.25) is 0 Å². The Kier molecular flexibility index (Phi) is 11.2. The molecule has 16 nitrogen and oxygen atoms in total. The van der Waals surface area contributed by atoms with E-state index < -0.39 is 35.7 Å². The first-order chi connectivity index (χ1) is 29.1. The number of ether oxygens (including phenoxy) is 1. The molecule has 0 aliphatic carbocycles. The number of halogens is 6. The lowest BCUT2D eigenvalue weighted by Crippen LogP contribution is -2.08. The number of aromatic amines is 2. The van der Waals surface area contributed by atoms with Crippen LogP contribution < -0.4 is 10.6 Å². The van der Waals surface area contributed by atoms with E-state index in [1.807, 2.05) is 13.8 Å². The number of fused-ring (bicyclic) bond motifs is 2. The second kappa shape index (κ2) is 16.5. The molecule has 8 rings (SSSR count). The molecular weight excluding hydrogens is 814 g/mol. The van der Waals surface area contributed by atoms with Crippen LogP contribution in [0.2, 0.25) is 0 Å². The number of alkyl halides is 6. The number of carboxylic acid groups (broad SMARTS) is 1. The summed E-state index contributed by atoms with van der Waals surface area (Å²) in [7, 11) is 1.32. The van der Waals surface area contributed by atoms with Crippen molar-refractivity contribution in [1.82, 2.24) is 49.1 Å². The summed E-state index contributed by atoms with van der Waals surface area (Å²) in [4.78, 5) is 40.2. The number of methoxy groups -OCH3 is 1. The first kappa shape index (κ1) is 41.4. The van der Waals surface area contributed by atoms with Crippen molar-refractivity contribution in [1.29, 1.82) is 0 Å². The summed E-state index contributed by atoms with van der Waals surface area (Å²) < 4.78 is 87.2. The normalized spacial score (nSPS) is 11.7. The molecule has 0 aliphatic rings. The molecule has 0 unspecified atom stereocenters. The topological polar surface area (TPSA) is 205 Å². The first-order valence-corrected chi connectivity index (χ1v) is 18.1. The van der Waals surface area contributed by atoms with E-state index in [1.54, 1.807) is 30.3 Å². The van der Waals surface area contributed by atoms with Crippen LogP contribution in [0.25, 0.3) is 33.8 Å². The van der Waals surface area contributed by atoms with E-state index in [1.165, 1.54) is 65.4 Å². The second-order valence-corrected chi connectivity index (χ2v) is 13.0. The zero-order valence-electron chi connectivity index (χ0n) is 32.0. The molecule has 0 aliphatic heterocycles. The van der Waals surface area contributed by atoms with Crippen LogP contribution in [-0.2, 0) is 29.9 Å². The molecular formula is C39H32F6N12O4. The van der Waals surface area contributed by atoms with E-state index in [4.69, 9.17) is 4.74 Å². The number of H-pyrrole nitrogens is 2. The van der Waals surface area contributed by atoms with Crippen molar-refractivity contribution in [3.8, 4) is 22.5 Å². The average molecular weight is 847 g/mol. The predicted molar refractivity (Wildman–Crippen MR) is 208 cm³/mol. The molecule has 0 amide bonds. The Morgan fingerprint density at radius 2 is 1.15 bits per heavy atom. The summed E-state index contributed by atoms with van der Waals surface area (Å²) in [6, 6.07) is 9.90. The van der Waals surface area contributed by atoms with Gasteiger partial charge in [-0.05, 0) is 60.4 Å². The van der Waals surface area contributed by atoms with Gasteiger partial charge in [0.15, 0.2) is 34.3 Å². The van der Waals surface area contributed by atoms with Crippen LogP contribution in [-0.4, -0.2) is 73.3 Å². The molecule has 6 heterocycles. The molecule has 0 atom stereocenters. The minimum atomic E-state index is -4.62. The molecule has 0 bridgehead atoms. The predicted octanol–water partition coefficient (Wildman–Crippen LogP) is 8.37. The molecule has 314 valence electrons. The summed E-state index contributed by atoms with van der Waals surface area (Å²) in [6.45, 7) is 3.75. The van der Waals surface area contributed by atoms with Crippen LogP contribution >= 0.6 is 0 Å². The Balaban J connectivity index is 0.000000184. The SMILES string of the molecule is CCc1cc(Nc2nccn3c(-c4c[nH]nc4C(F)(F)F)cnc23)ccc1C(=O)O.CCc1cc(Nc2nccn3c(-c4c[nH]nc4C(F)(F)F)cnc23)ccc1C(=O)OC. The van der Waals surface area contributed by atoms with E-state index >= 15 is 0 Å². The number of nitrogens with zero attached hydrogens (tertiary/aromatic N) is 8. The molecule has 61 heavy (non-hydrogen) atoms. The Bertz CT molecular complexity index is 2900. The van der Waals surface area contributed by atoms with Gasteiger partial charge >= 0.3 is 24.3 Å². The number of aromatic carboxylic acids is 1. The Morgan fingerprint density at radius 3 is 1.56 bits per heavy atom. The van der Waals surface area contributed by atoms with Crippen molar-refractivity contribution >= 4 is 46.2 Å². The van der Waals surface area contributed by atoms with E-state index in [-0.39, 0.29) is 28.1 Å². The second-order valence-electron chi connectivity index (χ2n) is 13.0. The highest BCUT2D eigenvalue weighted by Crippen LogP contribution is 2.38. The summed E-state index contributed by atoms with van der Waals surface area (Å²) >= 11 is 0. The maximum Gasteiger partial charge on any atom is 0.435 e. The third kappa shape index (κ3) is 8.27. The molecule has 2 aromatic carbocycles. The van der Waals surface area contributed by atoms with E-state index in [0.29, 0.717) is 58.3 Å². The van der Waals surface area contributed by atoms with Gasteiger partial charge in [-0.1, -0.05) is 13.8 Å². The number of esters is 1. The first-order valence-electron chi connectivity index (χ1n) is 18.1. The Labute approximate surface area is 339 Å². The largest absolute Gasteiger partial charge is 0.478 e. The molecule has 6 aromatic heterocycles. The van der Waals surface area contributed by atoms with Gasteiger partial charge in [0.25, 0.3) is 0 Å². The molecule has 22 heteroatoms. The summed E-state index contributed by atoms with van der Waals surface area (Å²) in [5.41, 5.74) is 2.07. The van der Waals surface area contributed by atoms with Gasteiger partial charge in [-0.2, -0.15) is 36.5 Å². The summed E-state index contributed by atoms with van der Waals surface area (Å²) in [5, 5.41) is 26.6. The number of aromatic nitrogens is 10. The lowest BCUT2D eigenvalue weighted by Gasteiger charge is -2.11. The number of carbonyl (C=O) groups excluding carboxylic acids is 1. The van der Waals surface area contributed by atoms with Crippen LogP contribution in [0.5, 0.6) is 0 Å². The zero-order valence-corrected chi connectivity index (χ0v) is 32.0. The van der Waals surface area contributed by atoms with Gasteiger partial charge in [-0.3, -0.25) is 19.0 Å². The molecule has 0 fully saturated rings. The molecule has 0 radical (unpaired) electrons. The number of hydrogen-bond acceptors (Lipinski definition) is 11. The van der Waals surface area contributed by atoms with Gasteiger partial charge < -0.3 is 20.5 Å². The quantitative estimate of drug-likeness (QED) is 0.0650. The van der Waals surface area contributed by atoms with Gasteiger partial charge in [-0.15, -0.1) is 0 Å². The van der Waals surface area contributed by atoms with Crippen molar-refractivity contribution in [2.75, 3.05) is 17.7 Å².